The number of fused-ring (bicyclic) bond motifs is 1. The number of hydrogen-bond donors (Lipinski definition) is 0. The van der Waals surface area contributed by atoms with Gasteiger partial charge in [-0.2, -0.15) is 0 Å². The van der Waals surface area contributed by atoms with Gasteiger partial charge in [-0.1, -0.05) is 13.0 Å². The van der Waals surface area contributed by atoms with Crippen LogP contribution in [-0.4, -0.2) is 9.38 Å². The van der Waals surface area contributed by atoms with Crippen LogP contribution in [0.15, 0.2) is 18.6 Å². The third kappa shape index (κ3) is 0.947. The van der Waals surface area contributed by atoms with E-state index in [-0.39, 0.29) is 0 Å². The van der Waals surface area contributed by atoms with Crippen LogP contribution in [0.5, 0.6) is 0 Å². The smallest absolute Gasteiger partial charge is 0.189 e. The maximum atomic E-state index is 4.07. The Morgan fingerprint density at radius 2 is 2.45 bits per heavy atom. The van der Waals surface area contributed by atoms with Crippen molar-refractivity contribution in [3.8, 4) is 0 Å². The average Bonchev–Trinajstić information content (AvgIpc) is 2.50. The normalized spacial score (nSPS) is 9.91. The molecular formula is C9H8N2. The molecule has 0 aromatic carbocycles. The molecule has 2 heteroatoms. The van der Waals surface area contributed by atoms with Gasteiger partial charge in [0, 0.05) is 24.2 Å². The fraction of sp³-hybridized carbons (Fsp3) is 0.222. The van der Waals surface area contributed by atoms with Crippen molar-refractivity contribution in [1.29, 1.82) is 0 Å². The number of aromatic nitrogens is 2. The molecule has 0 radical (unpaired) electrons. The monoisotopic (exact) mass is 144 g/mol. The number of nitrogens with zero attached hydrogens (tertiary/aromatic N) is 2. The average molecular weight is 144 g/mol. The van der Waals surface area contributed by atoms with Crippen molar-refractivity contribution >= 4 is 5.65 Å². The van der Waals surface area contributed by atoms with Crippen LogP contribution in [0.25, 0.3) is 5.65 Å². The first-order chi connectivity index (χ1) is 5.40. The van der Waals surface area contributed by atoms with Gasteiger partial charge in [-0.15, -0.1) is 0 Å². The van der Waals surface area contributed by atoms with E-state index in [1.54, 1.807) is 6.20 Å². The molecule has 54 valence electrons. The third-order valence-electron chi connectivity index (χ3n) is 1.68. The first kappa shape index (κ1) is 6.23. The van der Waals surface area contributed by atoms with E-state index in [0.717, 1.165) is 17.6 Å². The summed E-state index contributed by atoms with van der Waals surface area (Å²) in [6.45, 7) is 2.10. The maximum absolute atomic E-state index is 4.07. The first-order valence-corrected chi connectivity index (χ1v) is 3.65. The highest BCUT2D eigenvalue weighted by Gasteiger charge is 1.91. The van der Waals surface area contributed by atoms with Crippen molar-refractivity contribution < 1.29 is 0 Å². The lowest BCUT2D eigenvalue weighted by atomic mass is 10.3. The SMILES string of the molecule is CCc1c#cc2nccn2c1. The second-order valence-electron chi connectivity index (χ2n) is 2.42. The molecule has 0 fully saturated rings. The molecule has 0 aliphatic heterocycles. The summed E-state index contributed by atoms with van der Waals surface area (Å²) in [4.78, 5) is 4.07. The quantitative estimate of drug-likeness (QED) is 0.592. The second-order valence-corrected chi connectivity index (χ2v) is 2.42. The maximum Gasteiger partial charge on any atom is 0.189 e. The molecule has 0 saturated carbocycles. The van der Waals surface area contributed by atoms with Crippen LogP contribution in [0.3, 0.4) is 0 Å². The Bertz CT molecular complexity index is 362. The van der Waals surface area contributed by atoms with Gasteiger partial charge in [0.25, 0.3) is 0 Å². The zero-order valence-electron chi connectivity index (χ0n) is 6.33. The summed E-state index contributed by atoms with van der Waals surface area (Å²) in [7, 11) is 0. The molecule has 0 aliphatic carbocycles. The summed E-state index contributed by atoms with van der Waals surface area (Å²) in [6.07, 6.45) is 6.70. The molecule has 2 nitrogen and oxygen atoms in total. The molecule has 0 atom stereocenters. The van der Waals surface area contributed by atoms with Gasteiger partial charge in [0.2, 0.25) is 0 Å². The summed E-state index contributed by atoms with van der Waals surface area (Å²) in [5.41, 5.74) is 2.00. The highest BCUT2D eigenvalue weighted by molar-refractivity contribution is 5.33. The molecule has 0 unspecified atom stereocenters. The summed E-state index contributed by atoms with van der Waals surface area (Å²) < 4.78 is 1.95. The van der Waals surface area contributed by atoms with Crippen molar-refractivity contribution in [2.75, 3.05) is 0 Å². The minimum atomic E-state index is 0.835. The summed E-state index contributed by atoms with van der Waals surface area (Å²) >= 11 is 0. The van der Waals surface area contributed by atoms with Crippen molar-refractivity contribution in [1.82, 2.24) is 9.38 Å². The molecular weight excluding hydrogens is 136 g/mol. The van der Waals surface area contributed by atoms with Gasteiger partial charge >= 0.3 is 0 Å². The van der Waals surface area contributed by atoms with Crippen LogP contribution in [0.2, 0.25) is 0 Å². The standard InChI is InChI=1S/C9H8N2/c1-2-8-3-4-9-10-5-6-11(9)7-8/h5-7H,2H2,1H3. The van der Waals surface area contributed by atoms with Crippen LogP contribution < -0.4 is 0 Å². The van der Waals surface area contributed by atoms with E-state index in [0.29, 0.717) is 0 Å². The molecule has 2 heterocycles. The van der Waals surface area contributed by atoms with E-state index < -0.39 is 0 Å². The second kappa shape index (κ2) is 2.28. The van der Waals surface area contributed by atoms with Gasteiger partial charge in [0.05, 0.1) is 0 Å². The number of imidazole rings is 1. The van der Waals surface area contributed by atoms with Gasteiger partial charge < -0.3 is 0 Å². The Morgan fingerprint density at radius 3 is 3.27 bits per heavy atom. The van der Waals surface area contributed by atoms with Crippen LogP contribution in [-0.2, 0) is 6.42 Å². The van der Waals surface area contributed by atoms with Crippen molar-refractivity contribution in [2.24, 2.45) is 0 Å². The topological polar surface area (TPSA) is 17.3 Å². The lowest BCUT2D eigenvalue weighted by molar-refractivity contribution is 1.07. The van der Waals surface area contributed by atoms with E-state index in [9.17, 15) is 0 Å². The summed E-state index contributed by atoms with van der Waals surface area (Å²) in [5, 5.41) is 0. The Morgan fingerprint density at radius 1 is 1.55 bits per heavy atom. The van der Waals surface area contributed by atoms with Gasteiger partial charge in [0.15, 0.2) is 5.65 Å². The van der Waals surface area contributed by atoms with E-state index >= 15 is 0 Å². The van der Waals surface area contributed by atoms with Gasteiger partial charge in [-0.05, 0) is 12.5 Å². The van der Waals surface area contributed by atoms with Crippen molar-refractivity contribution in [2.45, 2.75) is 13.3 Å². The Balaban J connectivity index is 2.67. The predicted molar refractivity (Wildman–Crippen MR) is 42.2 cm³/mol. The van der Waals surface area contributed by atoms with Gasteiger partial charge in [-0.25, -0.2) is 4.98 Å². The van der Waals surface area contributed by atoms with Crippen LogP contribution in [0, 0.1) is 12.1 Å². The van der Waals surface area contributed by atoms with E-state index in [2.05, 4.69) is 24.0 Å². The molecule has 2 aromatic heterocycles. The highest BCUT2D eigenvalue weighted by Crippen LogP contribution is 1.99. The predicted octanol–water partition coefficient (Wildman–Crippen LogP) is 1.50. The minimum Gasteiger partial charge on any atom is -0.299 e. The zero-order chi connectivity index (χ0) is 7.68. The molecule has 0 bridgehead atoms. The van der Waals surface area contributed by atoms with E-state index in [4.69, 9.17) is 0 Å². The van der Waals surface area contributed by atoms with E-state index in [1.807, 2.05) is 16.8 Å². The fourth-order valence-corrected chi connectivity index (χ4v) is 1.03. The molecule has 2 aromatic rings. The van der Waals surface area contributed by atoms with Crippen LogP contribution >= 0.6 is 0 Å². The van der Waals surface area contributed by atoms with Crippen LogP contribution in [0.1, 0.15) is 12.5 Å². The number of aryl methyl sites for hydroxylation is 1. The molecule has 0 spiro atoms. The zero-order valence-corrected chi connectivity index (χ0v) is 6.33. The fourth-order valence-electron chi connectivity index (χ4n) is 1.03. The lowest BCUT2D eigenvalue weighted by Gasteiger charge is -1.91. The van der Waals surface area contributed by atoms with Crippen molar-refractivity contribution in [3.63, 3.8) is 0 Å². The number of hydrogen-bond acceptors (Lipinski definition) is 1. The molecule has 0 saturated heterocycles. The molecule has 0 N–H and O–H groups in total. The molecule has 0 aliphatic rings. The molecule has 0 amide bonds. The Labute approximate surface area is 65.5 Å². The van der Waals surface area contributed by atoms with Gasteiger partial charge in [0.1, 0.15) is 0 Å². The Kier molecular flexibility index (Phi) is 1.29. The Hall–Kier alpha value is -1.49. The summed E-state index contributed by atoms with van der Waals surface area (Å²) in [5.74, 6) is 0. The lowest BCUT2D eigenvalue weighted by Crippen LogP contribution is -1.84. The van der Waals surface area contributed by atoms with E-state index in [1.165, 1.54) is 0 Å². The molecule has 2 rings (SSSR count). The van der Waals surface area contributed by atoms with Crippen LogP contribution in [0.4, 0.5) is 0 Å². The minimum absolute atomic E-state index is 0.835. The highest BCUT2D eigenvalue weighted by atomic mass is 15.0. The van der Waals surface area contributed by atoms with Gasteiger partial charge in [-0.3, -0.25) is 4.40 Å². The third-order valence-corrected chi connectivity index (χ3v) is 1.68. The first-order valence-electron chi connectivity index (χ1n) is 3.65. The molecule has 11 heavy (non-hydrogen) atoms. The number of rotatable bonds is 1. The summed E-state index contributed by atoms with van der Waals surface area (Å²) in [6, 6.07) is 6.02. The largest absolute Gasteiger partial charge is 0.299 e. The van der Waals surface area contributed by atoms with Crippen molar-refractivity contribution in [3.05, 3.63) is 36.3 Å².